The van der Waals surface area contributed by atoms with Crippen LogP contribution < -0.4 is 54.4 Å². The van der Waals surface area contributed by atoms with Gasteiger partial charge in [-0.1, -0.05) is 50.2 Å². The van der Waals surface area contributed by atoms with E-state index in [-0.39, 0.29) is 76.4 Å². The molecule has 2 fully saturated rings. The fraction of sp³-hybridized carbons (Fsp3) is 0.417. The third-order valence-corrected chi connectivity index (χ3v) is 21.2. The van der Waals surface area contributed by atoms with Gasteiger partial charge in [0.2, 0.25) is 59.2 Å². The second kappa shape index (κ2) is 56.1. The van der Waals surface area contributed by atoms with Crippen molar-refractivity contribution in [3.05, 3.63) is 195 Å². The van der Waals surface area contributed by atoms with Crippen LogP contribution in [-0.4, -0.2) is 282 Å². The Bertz CT molecular complexity index is 5610. The number of fused-ring (bicyclic) bond motifs is 4. The summed E-state index contributed by atoms with van der Waals surface area (Å²) in [4.78, 5) is 182. The summed E-state index contributed by atoms with van der Waals surface area (Å²) in [5, 5.41) is 18.9. The molecule has 0 spiro atoms. The molecule has 4 aliphatic rings. The molecule has 2 unspecified atom stereocenters. The first-order valence-electron chi connectivity index (χ1n) is 45.4. The van der Waals surface area contributed by atoms with Gasteiger partial charge in [-0.3, -0.25) is 98.2 Å². The van der Waals surface area contributed by atoms with Crippen LogP contribution in [0.5, 0.6) is 0 Å². The number of imidazole rings is 2. The number of ether oxygens (including phenoxy) is 10. The summed E-state index contributed by atoms with van der Waals surface area (Å²) in [7, 11) is 0. The summed E-state index contributed by atoms with van der Waals surface area (Å²) in [5.74, 6) is -7.41. The first kappa shape index (κ1) is 105. The van der Waals surface area contributed by atoms with Crippen molar-refractivity contribution in [1.29, 1.82) is 0 Å². The number of imide groups is 4. The lowest BCUT2D eigenvalue weighted by atomic mass is 10.0. The van der Waals surface area contributed by atoms with Crippen LogP contribution >= 0.6 is 0 Å². The summed E-state index contributed by atoms with van der Waals surface area (Å²) >= 11 is 0. The van der Waals surface area contributed by atoms with Crippen molar-refractivity contribution in [3.8, 4) is 0 Å². The number of rotatable bonds is 56. The number of benzene rings is 6. The van der Waals surface area contributed by atoms with Crippen molar-refractivity contribution in [2.75, 3.05) is 174 Å². The van der Waals surface area contributed by atoms with E-state index in [4.69, 9.17) is 64.6 Å². The van der Waals surface area contributed by atoms with Gasteiger partial charge in [0, 0.05) is 112 Å². The van der Waals surface area contributed by atoms with E-state index >= 15 is 0 Å². The van der Waals surface area contributed by atoms with Crippen LogP contribution in [0.15, 0.2) is 133 Å². The number of aromatic nitrogens is 4. The molecule has 12 rings (SSSR count). The highest BCUT2D eigenvalue weighted by molar-refractivity contribution is 6.26. The molecule has 0 bridgehead atoms. The van der Waals surface area contributed by atoms with Gasteiger partial charge in [0.05, 0.1) is 150 Å². The normalized spacial score (nSPS) is 14.6. The fourth-order valence-corrected chi connectivity index (χ4v) is 14.5. The van der Waals surface area contributed by atoms with E-state index < -0.39 is 88.8 Å². The number of piperidine rings is 2. The Balaban J connectivity index is 0.000000242. The monoisotopic (exact) mass is 1900 g/mol. The number of hydrogen-bond acceptors (Lipinski definition) is 28. The summed E-state index contributed by atoms with van der Waals surface area (Å²) in [6.07, 6.45) is 11.0. The van der Waals surface area contributed by atoms with E-state index in [2.05, 4.69) is 47.2 Å². The average Bonchev–Trinajstić information content (AvgIpc) is 1.61. The largest absolute Gasteiger partial charge is 0.384 e. The van der Waals surface area contributed by atoms with Gasteiger partial charge in [0.25, 0.3) is 35.4 Å². The number of amides is 14. The van der Waals surface area contributed by atoms with E-state index in [1.54, 1.807) is 66.7 Å². The molecule has 4 aliphatic heterocycles. The average molecular weight is 1900 g/mol. The zero-order valence-corrected chi connectivity index (χ0v) is 76.6. The molecule has 732 valence electrons. The minimum Gasteiger partial charge on any atom is -0.384 e. The van der Waals surface area contributed by atoms with Crippen molar-refractivity contribution in [2.45, 2.75) is 103 Å². The Morgan fingerprint density at radius 2 is 0.788 bits per heavy atom. The van der Waals surface area contributed by atoms with Gasteiger partial charge in [-0.2, -0.15) is 0 Å². The molecular formula is C96H117FN16O24. The van der Waals surface area contributed by atoms with Crippen molar-refractivity contribution in [2.24, 2.45) is 17.2 Å². The molecular weight excluding hydrogens is 1780 g/mol. The zero-order chi connectivity index (χ0) is 97.8. The van der Waals surface area contributed by atoms with E-state index in [0.29, 0.717) is 225 Å². The fourth-order valence-electron chi connectivity index (χ4n) is 14.5. The number of carbonyl (C=O) groups excluding carboxylic acids is 14. The minimum atomic E-state index is -1.07. The van der Waals surface area contributed by atoms with Gasteiger partial charge >= 0.3 is 0 Å². The molecule has 41 heteroatoms. The topological polar surface area (TPSA) is 536 Å². The van der Waals surface area contributed by atoms with Crippen LogP contribution in [0.4, 0.5) is 22.0 Å². The molecule has 40 nitrogen and oxygen atoms in total. The third-order valence-electron chi connectivity index (χ3n) is 21.2. The molecule has 2 atom stereocenters. The number of carbonyl (C=O) groups is 14. The highest BCUT2D eigenvalue weighted by Crippen LogP contribution is 2.34. The number of halogens is 1. The molecule has 8 aromatic rings. The smallest absolute Gasteiger partial charge is 0.265 e. The molecule has 137 heavy (non-hydrogen) atoms. The first-order chi connectivity index (χ1) is 66.5. The third kappa shape index (κ3) is 32.0. The number of hydrogen-bond donors (Lipinski definition) is 10. The number of aryl methyl sites for hydroxylation is 2. The second-order valence-electron chi connectivity index (χ2n) is 31.3. The van der Waals surface area contributed by atoms with Crippen LogP contribution in [0.1, 0.15) is 172 Å². The SMILES string of the molecule is CCCn1c(NC(=O)c2cccc(C(N)=O)c2)nc2cc(/C=C/C(=O)NCCCOCCOCCOCCOCCOCCCN)ccc21.CCCn1c(NC(=O)c2cccc(C(N)=O)c2)nc2cc(/C=C/C(=O)NCCCOCCOCCOCCOCCOCCCNc3cccc4c3C(=O)N(C3CCC(=O)NC3=O)C4=O)ccc21.O=C1CCC(N2C(=O)c3cccc(F)c3C2=O)C(=O)N1. The molecule has 6 heterocycles. The number of primary amides is 2. The van der Waals surface area contributed by atoms with Crippen molar-refractivity contribution >= 4 is 135 Å². The number of anilines is 3. The maximum atomic E-state index is 13.7. The Labute approximate surface area is 789 Å². The van der Waals surface area contributed by atoms with Crippen LogP contribution in [0.25, 0.3) is 34.2 Å². The molecule has 0 radical (unpaired) electrons. The lowest BCUT2D eigenvalue weighted by Crippen LogP contribution is -2.54. The molecule has 0 aliphatic carbocycles. The first-order valence-corrected chi connectivity index (χ1v) is 45.4. The van der Waals surface area contributed by atoms with Crippen LogP contribution in [0.3, 0.4) is 0 Å². The molecule has 2 aromatic heterocycles. The van der Waals surface area contributed by atoms with Gasteiger partial charge in [-0.15, -0.1) is 0 Å². The number of nitrogens with one attached hydrogen (secondary N) is 7. The molecule has 13 N–H and O–H groups in total. The molecule has 14 amide bonds. The predicted octanol–water partition coefficient (Wildman–Crippen LogP) is 6.28. The number of nitrogens with zero attached hydrogens (tertiary/aromatic N) is 6. The van der Waals surface area contributed by atoms with Crippen LogP contribution in [0.2, 0.25) is 0 Å². The predicted molar refractivity (Wildman–Crippen MR) is 500 cm³/mol. The van der Waals surface area contributed by atoms with Crippen molar-refractivity contribution in [1.82, 2.24) is 50.2 Å². The van der Waals surface area contributed by atoms with Crippen LogP contribution in [-0.2, 0) is 89.2 Å². The summed E-state index contributed by atoms with van der Waals surface area (Å²) in [5.41, 5.74) is 22.3. The highest BCUT2D eigenvalue weighted by atomic mass is 19.1. The van der Waals surface area contributed by atoms with E-state index in [1.165, 1.54) is 36.4 Å². The van der Waals surface area contributed by atoms with Gasteiger partial charge < -0.3 is 89.7 Å². The quantitative estimate of drug-likeness (QED) is 0.0114. The summed E-state index contributed by atoms with van der Waals surface area (Å²) < 4.78 is 72.6. The maximum Gasteiger partial charge on any atom is 0.265 e. The zero-order valence-electron chi connectivity index (χ0n) is 76.6. The van der Waals surface area contributed by atoms with Crippen molar-refractivity contribution in [3.63, 3.8) is 0 Å². The Kier molecular flexibility index (Phi) is 43.2. The Morgan fingerprint density at radius 1 is 0.431 bits per heavy atom. The number of nitrogens with two attached hydrogens (primary N) is 3. The molecule has 0 saturated carbocycles. The second-order valence-corrected chi connectivity index (χ2v) is 31.3. The van der Waals surface area contributed by atoms with Gasteiger partial charge in [-0.05, 0) is 166 Å². The Morgan fingerprint density at radius 3 is 1.17 bits per heavy atom. The van der Waals surface area contributed by atoms with Crippen LogP contribution in [0, 0.1) is 5.82 Å². The standard InChI is InChI=1S/C48H58N8O12.C35H50N6O8.C13H9FN2O4/c1-2-19-55-38-13-11-32(30-37(38)52-48(55)54-44(60)34-8-3-7-33(31-34)43(49)59)12-15-40(57)51-18-6-21-65-23-25-67-27-29-68-28-26-66-24-22-64-20-5-17-50-36-10-4-9-35-42(36)47(63)56(46(35)62)39-14-16-41(58)53-45(39)61;1-2-14-41-31-10-8-27(25-30(31)39-35(41)40-34(44)29-7-3-6-28(26-29)33(37)43)9-11-32(42)38-13-5-16-46-18-20-48-22-24-49-23-21-47-19-17-45-15-4-12-36;14-7-3-1-2-6-10(7)13(20)16(12(6)19)8-4-5-9(17)15-11(8)18/h3-4,7-13,15,30-31,39,50H,2,5-6,14,16-29H2,1H3,(H2,49,59)(H,51,57)(H,52,54,60)(H,53,58,61);3,6-11,25-26H,2,4-5,12-24,36H2,1H3,(H2,37,43)(H,38,42)(H,39,40,44);1-3,8H,4-5H2,(H,15,17,18)/b15-12+;11-9+;. The molecule has 2 saturated heterocycles. The lowest BCUT2D eigenvalue weighted by molar-refractivity contribution is -0.137. The molecule has 6 aromatic carbocycles. The van der Waals surface area contributed by atoms with Gasteiger partial charge in [0.15, 0.2) is 0 Å². The maximum absolute atomic E-state index is 13.7. The Hall–Kier alpha value is -13.6. The minimum absolute atomic E-state index is 0.0340. The highest BCUT2D eigenvalue weighted by Gasteiger charge is 2.47. The van der Waals surface area contributed by atoms with Gasteiger partial charge in [0.1, 0.15) is 17.9 Å². The van der Waals surface area contributed by atoms with E-state index in [9.17, 15) is 71.5 Å². The van der Waals surface area contributed by atoms with E-state index in [1.807, 2.05) is 59.4 Å². The van der Waals surface area contributed by atoms with Crippen molar-refractivity contribution < 1.29 is 119 Å². The van der Waals surface area contributed by atoms with Gasteiger partial charge in [-0.25, -0.2) is 14.4 Å². The summed E-state index contributed by atoms with van der Waals surface area (Å²) in [6.45, 7) is 16.7. The lowest BCUT2D eigenvalue weighted by Gasteiger charge is -2.27. The summed E-state index contributed by atoms with van der Waals surface area (Å²) in [6, 6.07) is 30.3. The van der Waals surface area contributed by atoms with E-state index in [0.717, 1.165) is 57.3 Å².